The summed E-state index contributed by atoms with van der Waals surface area (Å²) in [5.41, 5.74) is 0. The molecule has 1 unspecified atom stereocenters. The molecule has 0 spiro atoms. The molecule has 14 heavy (non-hydrogen) atoms. The lowest BCUT2D eigenvalue weighted by atomic mass is 10.00. The first-order valence-electron chi connectivity index (χ1n) is 4.23. The number of carbonyl (C=O) groups is 2. The van der Waals surface area contributed by atoms with Crippen molar-refractivity contribution in [2.45, 2.75) is 12.5 Å². The summed E-state index contributed by atoms with van der Waals surface area (Å²) in [5, 5.41) is 8.56. The van der Waals surface area contributed by atoms with E-state index in [9.17, 15) is 9.59 Å². The molecule has 1 atom stereocenters. The number of hydrogen-bond donors (Lipinski definition) is 1. The van der Waals surface area contributed by atoms with Crippen molar-refractivity contribution in [1.29, 1.82) is 0 Å². The van der Waals surface area contributed by atoms with Crippen LogP contribution in [0.25, 0.3) is 0 Å². The third-order valence-corrected chi connectivity index (χ3v) is 2.24. The van der Waals surface area contributed by atoms with Gasteiger partial charge in [0.25, 0.3) is 0 Å². The third-order valence-electron chi connectivity index (χ3n) is 2.24. The van der Waals surface area contributed by atoms with Crippen molar-refractivity contribution in [2.24, 2.45) is 0 Å². The molecule has 0 aromatic carbocycles. The molecule has 2 rings (SSSR count). The number of furan rings is 1. The Morgan fingerprint density at radius 2 is 2.50 bits per heavy atom. The summed E-state index contributed by atoms with van der Waals surface area (Å²) < 4.78 is 5.11. The Morgan fingerprint density at radius 1 is 1.71 bits per heavy atom. The standard InChI is InChI=1S/C9H9NO4/c11-8-4-6(7-2-1-3-14-7)10(8)5-9(12)13/h1-3,6H,4-5H2,(H,12,13). The molecule has 1 aliphatic heterocycles. The summed E-state index contributed by atoms with van der Waals surface area (Å²) in [6, 6.07) is 3.26. The lowest BCUT2D eigenvalue weighted by molar-refractivity contribution is -0.155. The molecular formula is C9H9NO4. The number of rotatable bonds is 3. The normalized spacial score (nSPS) is 20.7. The van der Waals surface area contributed by atoms with Crippen LogP contribution < -0.4 is 0 Å². The zero-order chi connectivity index (χ0) is 10.1. The first-order valence-corrected chi connectivity index (χ1v) is 4.23. The zero-order valence-electron chi connectivity index (χ0n) is 7.34. The van der Waals surface area contributed by atoms with Gasteiger partial charge in [-0.05, 0) is 12.1 Å². The summed E-state index contributed by atoms with van der Waals surface area (Å²) in [5.74, 6) is -0.505. The van der Waals surface area contributed by atoms with Crippen molar-refractivity contribution in [3.8, 4) is 0 Å². The van der Waals surface area contributed by atoms with Crippen molar-refractivity contribution < 1.29 is 19.1 Å². The Bertz CT molecular complexity index is 357. The van der Waals surface area contributed by atoms with E-state index in [0.717, 1.165) is 0 Å². The van der Waals surface area contributed by atoms with Crippen LogP contribution in [-0.4, -0.2) is 28.4 Å². The molecule has 0 saturated carbocycles. The molecule has 1 aliphatic rings. The maximum Gasteiger partial charge on any atom is 0.323 e. The van der Waals surface area contributed by atoms with Crippen LogP contribution in [0.2, 0.25) is 0 Å². The third kappa shape index (κ3) is 1.37. The van der Waals surface area contributed by atoms with E-state index in [0.29, 0.717) is 12.2 Å². The molecule has 2 heterocycles. The second-order valence-corrected chi connectivity index (χ2v) is 3.15. The van der Waals surface area contributed by atoms with Crippen molar-refractivity contribution in [3.05, 3.63) is 24.2 Å². The van der Waals surface area contributed by atoms with Gasteiger partial charge in [0.05, 0.1) is 18.7 Å². The Hall–Kier alpha value is -1.78. The van der Waals surface area contributed by atoms with Crippen molar-refractivity contribution in [2.75, 3.05) is 6.54 Å². The van der Waals surface area contributed by atoms with Gasteiger partial charge < -0.3 is 14.4 Å². The summed E-state index contributed by atoms with van der Waals surface area (Å²) in [7, 11) is 0. The van der Waals surface area contributed by atoms with E-state index in [1.807, 2.05) is 0 Å². The van der Waals surface area contributed by atoms with Gasteiger partial charge in [0.2, 0.25) is 5.91 Å². The lowest BCUT2D eigenvalue weighted by Gasteiger charge is -2.37. The van der Waals surface area contributed by atoms with Gasteiger partial charge >= 0.3 is 5.97 Å². The summed E-state index contributed by atoms with van der Waals surface area (Å²) in [6.45, 7) is -0.260. The predicted molar refractivity (Wildman–Crippen MR) is 45.4 cm³/mol. The first kappa shape index (κ1) is 8.80. The van der Waals surface area contributed by atoms with Gasteiger partial charge in [-0.25, -0.2) is 0 Å². The molecule has 1 saturated heterocycles. The first-order chi connectivity index (χ1) is 6.68. The molecular weight excluding hydrogens is 186 g/mol. The van der Waals surface area contributed by atoms with E-state index in [1.54, 1.807) is 12.1 Å². The van der Waals surface area contributed by atoms with Crippen molar-refractivity contribution in [1.82, 2.24) is 4.90 Å². The fourth-order valence-electron chi connectivity index (χ4n) is 1.53. The van der Waals surface area contributed by atoms with Gasteiger partial charge in [-0.1, -0.05) is 0 Å². The molecule has 5 heteroatoms. The van der Waals surface area contributed by atoms with Crippen LogP contribution in [-0.2, 0) is 9.59 Å². The SMILES string of the molecule is O=C(O)CN1C(=O)CC1c1ccco1. The van der Waals surface area contributed by atoms with Crippen LogP contribution in [0.1, 0.15) is 18.2 Å². The van der Waals surface area contributed by atoms with Crippen molar-refractivity contribution >= 4 is 11.9 Å². The van der Waals surface area contributed by atoms with E-state index in [2.05, 4.69) is 0 Å². The largest absolute Gasteiger partial charge is 0.480 e. The summed E-state index contributed by atoms with van der Waals surface area (Å²) >= 11 is 0. The predicted octanol–water partition coefficient (Wildman–Crippen LogP) is 0.638. The fraction of sp³-hybridized carbons (Fsp3) is 0.333. The second-order valence-electron chi connectivity index (χ2n) is 3.15. The molecule has 1 aromatic rings. The minimum atomic E-state index is -1.00. The van der Waals surface area contributed by atoms with Crippen LogP contribution in [0.5, 0.6) is 0 Å². The minimum Gasteiger partial charge on any atom is -0.480 e. The number of likely N-dealkylation sites (tertiary alicyclic amines) is 1. The molecule has 0 bridgehead atoms. The monoisotopic (exact) mass is 195 g/mol. The number of nitrogens with zero attached hydrogens (tertiary/aromatic N) is 1. The Labute approximate surface area is 79.9 Å². The molecule has 74 valence electrons. The van der Waals surface area contributed by atoms with Crippen LogP contribution in [0, 0.1) is 0 Å². The highest BCUT2D eigenvalue weighted by molar-refractivity contribution is 5.87. The van der Waals surface area contributed by atoms with Crippen LogP contribution in [0.4, 0.5) is 0 Å². The van der Waals surface area contributed by atoms with Gasteiger partial charge in [-0.3, -0.25) is 9.59 Å². The number of amides is 1. The molecule has 1 aromatic heterocycles. The average Bonchev–Trinajstić information content (AvgIpc) is 2.62. The average molecular weight is 195 g/mol. The highest BCUT2D eigenvalue weighted by Gasteiger charge is 2.39. The molecule has 0 radical (unpaired) electrons. The van der Waals surface area contributed by atoms with Gasteiger partial charge in [0, 0.05) is 0 Å². The van der Waals surface area contributed by atoms with E-state index in [4.69, 9.17) is 9.52 Å². The van der Waals surface area contributed by atoms with Crippen LogP contribution in [0.3, 0.4) is 0 Å². The van der Waals surface area contributed by atoms with E-state index < -0.39 is 5.97 Å². The second kappa shape index (κ2) is 3.17. The van der Waals surface area contributed by atoms with Gasteiger partial charge in [-0.15, -0.1) is 0 Å². The van der Waals surface area contributed by atoms with Gasteiger partial charge in [-0.2, -0.15) is 0 Å². The van der Waals surface area contributed by atoms with E-state index >= 15 is 0 Å². The maximum absolute atomic E-state index is 11.1. The van der Waals surface area contributed by atoms with E-state index in [-0.39, 0.29) is 18.5 Å². The molecule has 1 fully saturated rings. The molecule has 5 nitrogen and oxygen atoms in total. The number of β-lactam (4-membered cyclic amide) rings is 1. The lowest BCUT2D eigenvalue weighted by Crippen LogP contribution is -2.48. The number of carboxylic acids is 1. The number of carboxylic acid groups (broad SMARTS) is 1. The smallest absolute Gasteiger partial charge is 0.323 e. The number of hydrogen-bond acceptors (Lipinski definition) is 3. The number of aliphatic carboxylic acids is 1. The van der Waals surface area contributed by atoms with E-state index in [1.165, 1.54) is 11.2 Å². The Balaban J connectivity index is 2.08. The zero-order valence-corrected chi connectivity index (χ0v) is 7.34. The highest BCUT2D eigenvalue weighted by atomic mass is 16.4. The van der Waals surface area contributed by atoms with Crippen LogP contribution >= 0.6 is 0 Å². The molecule has 1 amide bonds. The highest BCUT2D eigenvalue weighted by Crippen LogP contribution is 2.33. The minimum absolute atomic E-state index is 0.145. The maximum atomic E-state index is 11.1. The molecule has 1 N–H and O–H groups in total. The van der Waals surface area contributed by atoms with Crippen LogP contribution in [0.15, 0.2) is 22.8 Å². The summed E-state index contributed by atoms with van der Waals surface area (Å²) in [6.07, 6.45) is 1.85. The Morgan fingerprint density at radius 3 is 3.00 bits per heavy atom. The quantitative estimate of drug-likeness (QED) is 0.718. The fourth-order valence-corrected chi connectivity index (χ4v) is 1.53. The summed E-state index contributed by atoms with van der Waals surface area (Å²) in [4.78, 5) is 22.8. The van der Waals surface area contributed by atoms with Gasteiger partial charge in [0.15, 0.2) is 0 Å². The molecule has 0 aliphatic carbocycles. The topological polar surface area (TPSA) is 70.8 Å². The Kier molecular flexibility index (Phi) is 1.99. The number of carbonyl (C=O) groups excluding carboxylic acids is 1. The van der Waals surface area contributed by atoms with Gasteiger partial charge in [0.1, 0.15) is 12.3 Å². The van der Waals surface area contributed by atoms with Crippen molar-refractivity contribution in [3.63, 3.8) is 0 Å².